The highest BCUT2D eigenvalue weighted by atomic mass is 35.5. The van der Waals surface area contributed by atoms with Gasteiger partial charge in [0.25, 0.3) is 5.91 Å². The third-order valence-electron chi connectivity index (χ3n) is 4.63. The summed E-state index contributed by atoms with van der Waals surface area (Å²) in [5, 5.41) is 1.64. The highest BCUT2D eigenvalue weighted by molar-refractivity contribution is 6.31. The molecule has 1 saturated heterocycles. The van der Waals surface area contributed by atoms with Crippen LogP contribution in [0.4, 0.5) is 0 Å². The number of H-pyrrole nitrogens is 1. The van der Waals surface area contributed by atoms with Crippen LogP contribution in [0.25, 0.3) is 10.9 Å². The van der Waals surface area contributed by atoms with E-state index >= 15 is 0 Å². The van der Waals surface area contributed by atoms with Gasteiger partial charge < -0.3 is 9.88 Å². The molecule has 25 heavy (non-hydrogen) atoms. The zero-order chi connectivity index (χ0) is 17.2. The molecular weight excluding hydrogens is 336 g/mol. The molecule has 1 amide bonds. The molecule has 5 nitrogen and oxygen atoms in total. The van der Waals surface area contributed by atoms with Gasteiger partial charge in [-0.1, -0.05) is 11.6 Å². The van der Waals surface area contributed by atoms with Crippen molar-refractivity contribution in [3.63, 3.8) is 0 Å². The molecule has 0 bridgehead atoms. The summed E-state index contributed by atoms with van der Waals surface area (Å²) in [7, 11) is 0. The molecule has 1 aliphatic heterocycles. The van der Waals surface area contributed by atoms with E-state index in [9.17, 15) is 4.79 Å². The molecule has 128 valence electrons. The molecule has 1 aliphatic rings. The molecule has 4 rings (SSSR count). The molecule has 0 saturated carbocycles. The van der Waals surface area contributed by atoms with E-state index in [1.807, 2.05) is 53.7 Å². The van der Waals surface area contributed by atoms with Gasteiger partial charge in [-0.25, -0.2) is 0 Å². The summed E-state index contributed by atoms with van der Waals surface area (Å²) < 4.78 is 0. The quantitative estimate of drug-likeness (QED) is 0.786. The first kappa shape index (κ1) is 16.1. The molecular formula is C19H19ClN4O. The Labute approximate surface area is 151 Å². The first-order chi connectivity index (χ1) is 12.2. The number of rotatable bonds is 3. The minimum atomic E-state index is 0.0517. The van der Waals surface area contributed by atoms with E-state index in [1.54, 1.807) is 0 Å². The molecule has 1 aromatic carbocycles. The van der Waals surface area contributed by atoms with Crippen LogP contribution in [-0.2, 0) is 6.54 Å². The zero-order valence-electron chi connectivity index (χ0n) is 13.8. The van der Waals surface area contributed by atoms with Crippen molar-refractivity contribution >= 4 is 28.4 Å². The maximum atomic E-state index is 12.8. The first-order valence-electron chi connectivity index (χ1n) is 8.38. The predicted octanol–water partition coefficient (Wildman–Crippen LogP) is 3.17. The zero-order valence-corrected chi connectivity index (χ0v) is 14.5. The van der Waals surface area contributed by atoms with E-state index in [-0.39, 0.29) is 5.91 Å². The average Bonchev–Trinajstić information content (AvgIpc) is 3.06. The summed E-state index contributed by atoms with van der Waals surface area (Å²) in [4.78, 5) is 24.3. The number of halogens is 1. The molecule has 0 radical (unpaired) electrons. The summed E-state index contributed by atoms with van der Waals surface area (Å²) in [5.41, 5.74) is 2.81. The number of benzene rings is 1. The largest absolute Gasteiger partial charge is 0.351 e. The number of aromatic amines is 1. The van der Waals surface area contributed by atoms with Gasteiger partial charge in [0.2, 0.25) is 0 Å². The number of nitrogens with zero attached hydrogens (tertiary/aromatic N) is 3. The van der Waals surface area contributed by atoms with Crippen LogP contribution in [0.5, 0.6) is 0 Å². The molecule has 1 N–H and O–H groups in total. The molecule has 3 aromatic rings. The van der Waals surface area contributed by atoms with Gasteiger partial charge >= 0.3 is 0 Å². The summed E-state index contributed by atoms with van der Waals surface area (Å²) >= 11 is 6.02. The lowest BCUT2D eigenvalue weighted by Gasteiger charge is -2.34. The van der Waals surface area contributed by atoms with Gasteiger partial charge in [-0.2, -0.15) is 0 Å². The fraction of sp³-hybridized carbons (Fsp3) is 0.263. The summed E-state index contributed by atoms with van der Waals surface area (Å²) in [6, 6.07) is 11.6. The number of aromatic nitrogens is 2. The van der Waals surface area contributed by atoms with Crippen molar-refractivity contribution in [2.75, 3.05) is 26.2 Å². The normalized spacial score (nSPS) is 15.6. The van der Waals surface area contributed by atoms with Crippen LogP contribution in [0, 0.1) is 0 Å². The van der Waals surface area contributed by atoms with Crippen molar-refractivity contribution in [3.05, 3.63) is 65.1 Å². The Balaban J connectivity index is 1.40. The highest BCUT2D eigenvalue weighted by Crippen LogP contribution is 2.21. The molecule has 6 heteroatoms. The fourth-order valence-corrected chi connectivity index (χ4v) is 3.43. The lowest BCUT2D eigenvalue weighted by Crippen LogP contribution is -2.48. The van der Waals surface area contributed by atoms with E-state index in [4.69, 9.17) is 11.6 Å². The SMILES string of the molecule is O=C(c1cc2cc(Cl)ccc2[nH]1)N1CCN(Cc2ccncc2)CC1. The smallest absolute Gasteiger partial charge is 0.270 e. The number of piperazine rings is 1. The molecule has 0 spiro atoms. The number of amides is 1. The molecule has 3 heterocycles. The Bertz CT molecular complexity index is 885. The van der Waals surface area contributed by atoms with E-state index in [0.717, 1.165) is 43.6 Å². The molecule has 0 unspecified atom stereocenters. The third-order valence-corrected chi connectivity index (χ3v) is 4.86. The predicted molar refractivity (Wildman–Crippen MR) is 98.7 cm³/mol. The minimum absolute atomic E-state index is 0.0517. The molecule has 1 fully saturated rings. The Morgan fingerprint density at radius 3 is 2.60 bits per heavy atom. The number of carbonyl (C=O) groups excluding carboxylic acids is 1. The lowest BCUT2D eigenvalue weighted by atomic mass is 10.2. The van der Waals surface area contributed by atoms with Gasteiger partial charge in [0.1, 0.15) is 5.69 Å². The van der Waals surface area contributed by atoms with Gasteiger partial charge in [0.05, 0.1) is 0 Å². The second-order valence-corrected chi connectivity index (χ2v) is 6.77. The van der Waals surface area contributed by atoms with Crippen LogP contribution in [0.15, 0.2) is 48.8 Å². The van der Waals surface area contributed by atoms with Crippen LogP contribution in [0.3, 0.4) is 0 Å². The number of fused-ring (bicyclic) bond motifs is 1. The third kappa shape index (κ3) is 3.52. The number of hydrogen-bond donors (Lipinski definition) is 1. The summed E-state index contributed by atoms with van der Waals surface area (Å²) in [6.45, 7) is 4.12. The van der Waals surface area contributed by atoms with Crippen molar-refractivity contribution < 1.29 is 4.79 Å². The molecule has 2 aromatic heterocycles. The van der Waals surface area contributed by atoms with Crippen LogP contribution >= 0.6 is 11.6 Å². The van der Waals surface area contributed by atoms with Gasteiger partial charge in [0.15, 0.2) is 0 Å². The molecule has 0 atom stereocenters. The maximum absolute atomic E-state index is 12.8. The number of nitrogens with one attached hydrogen (secondary N) is 1. The summed E-state index contributed by atoms with van der Waals surface area (Å²) in [5.74, 6) is 0.0517. The van der Waals surface area contributed by atoms with Crippen molar-refractivity contribution in [3.8, 4) is 0 Å². The highest BCUT2D eigenvalue weighted by Gasteiger charge is 2.23. The van der Waals surface area contributed by atoms with Crippen molar-refractivity contribution in [1.29, 1.82) is 0 Å². The van der Waals surface area contributed by atoms with E-state index in [1.165, 1.54) is 5.56 Å². The Morgan fingerprint density at radius 2 is 1.84 bits per heavy atom. The standard InChI is InChI=1S/C19H19ClN4O/c20-16-1-2-17-15(11-16)12-18(22-17)19(25)24-9-7-23(8-10-24)13-14-3-5-21-6-4-14/h1-6,11-12,22H,7-10,13H2. The maximum Gasteiger partial charge on any atom is 0.270 e. The topological polar surface area (TPSA) is 52.2 Å². The van der Waals surface area contributed by atoms with Gasteiger partial charge in [-0.3, -0.25) is 14.7 Å². The number of hydrogen-bond acceptors (Lipinski definition) is 3. The minimum Gasteiger partial charge on any atom is -0.351 e. The Kier molecular flexibility index (Phi) is 4.42. The van der Waals surface area contributed by atoms with Crippen LogP contribution in [-0.4, -0.2) is 51.9 Å². The number of carbonyl (C=O) groups is 1. The van der Waals surface area contributed by atoms with E-state index < -0.39 is 0 Å². The monoisotopic (exact) mass is 354 g/mol. The van der Waals surface area contributed by atoms with Gasteiger partial charge in [-0.05, 0) is 42.0 Å². The second kappa shape index (κ2) is 6.86. The first-order valence-corrected chi connectivity index (χ1v) is 8.76. The fourth-order valence-electron chi connectivity index (χ4n) is 3.24. The average molecular weight is 355 g/mol. The summed E-state index contributed by atoms with van der Waals surface area (Å²) in [6.07, 6.45) is 3.63. The Morgan fingerprint density at radius 1 is 1.08 bits per heavy atom. The second-order valence-electron chi connectivity index (χ2n) is 6.34. The van der Waals surface area contributed by atoms with E-state index in [0.29, 0.717) is 10.7 Å². The molecule has 0 aliphatic carbocycles. The van der Waals surface area contributed by atoms with Gasteiger partial charge in [0, 0.05) is 61.0 Å². The van der Waals surface area contributed by atoms with Crippen molar-refractivity contribution in [2.24, 2.45) is 0 Å². The van der Waals surface area contributed by atoms with Crippen LogP contribution in [0.1, 0.15) is 16.1 Å². The van der Waals surface area contributed by atoms with Gasteiger partial charge in [-0.15, -0.1) is 0 Å². The Hall–Kier alpha value is -2.37. The van der Waals surface area contributed by atoms with Crippen LogP contribution in [0.2, 0.25) is 5.02 Å². The van der Waals surface area contributed by atoms with E-state index in [2.05, 4.69) is 14.9 Å². The van der Waals surface area contributed by atoms with Crippen molar-refractivity contribution in [1.82, 2.24) is 19.8 Å². The number of pyridine rings is 1. The van der Waals surface area contributed by atoms with Crippen LogP contribution < -0.4 is 0 Å². The lowest BCUT2D eigenvalue weighted by molar-refractivity contribution is 0.0623. The van der Waals surface area contributed by atoms with Crippen molar-refractivity contribution in [2.45, 2.75) is 6.54 Å².